The van der Waals surface area contributed by atoms with Gasteiger partial charge in [0.25, 0.3) is 10.0 Å². The van der Waals surface area contributed by atoms with Crippen LogP contribution in [0, 0.1) is 5.92 Å². The molecule has 0 amide bonds. The fraction of sp³-hybridized carbons (Fsp3) is 0.500. The average Bonchev–Trinajstić information content (AvgIpc) is 2.81. The van der Waals surface area contributed by atoms with Gasteiger partial charge in [-0.25, -0.2) is 8.42 Å². The van der Waals surface area contributed by atoms with Gasteiger partial charge >= 0.3 is 6.18 Å². The van der Waals surface area contributed by atoms with E-state index in [0.717, 1.165) is 35.3 Å². The Labute approximate surface area is 211 Å². The molecule has 1 atom stereocenters. The van der Waals surface area contributed by atoms with E-state index >= 15 is 0 Å². The molecule has 4 radical (unpaired) electrons. The number of benzene rings is 2. The third kappa shape index (κ3) is 5.55. The molecule has 1 fully saturated rings. The van der Waals surface area contributed by atoms with Crippen LogP contribution in [-0.4, -0.2) is 55.1 Å². The Balaban J connectivity index is 1.69. The zero-order chi connectivity index (χ0) is 26.3. The molecule has 0 aromatic heterocycles. The van der Waals surface area contributed by atoms with Crippen LogP contribution in [0.1, 0.15) is 42.9 Å². The van der Waals surface area contributed by atoms with Gasteiger partial charge in [0.2, 0.25) is 0 Å². The summed E-state index contributed by atoms with van der Waals surface area (Å²) in [6.07, 6.45) is -2.28. The third-order valence-corrected chi connectivity index (χ3v) is 8.55. The fourth-order valence-corrected chi connectivity index (χ4v) is 6.36. The predicted molar refractivity (Wildman–Crippen MR) is 130 cm³/mol. The van der Waals surface area contributed by atoms with Crippen LogP contribution in [-0.2, 0) is 32.8 Å². The molecule has 36 heavy (non-hydrogen) atoms. The average molecular weight is 519 g/mol. The first kappa shape index (κ1) is 26.9. The summed E-state index contributed by atoms with van der Waals surface area (Å²) in [5.74, 6) is 0.376. The van der Waals surface area contributed by atoms with Crippen molar-refractivity contribution >= 4 is 31.4 Å². The van der Waals surface area contributed by atoms with Crippen LogP contribution in [0.15, 0.2) is 41.3 Å². The maximum Gasteiger partial charge on any atom is 0.416 e. The second kappa shape index (κ2) is 9.95. The number of aliphatic hydroxyl groups is 1. The van der Waals surface area contributed by atoms with Crippen LogP contribution < -0.4 is 9.04 Å². The number of ether oxygens (including phenoxy) is 2. The molecule has 0 spiro atoms. The smallest absolute Gasteiger partial charge is 0.416 e. The van der Waals surface area contributed by atoms with E-state index in [9.17, 15) is 26.7 Å². The van der Waals surface area contributed by atoms with Crippen LogP contribution in [0.25, 0.3) is 0 Å². The summed E-state index contributed by atoms with van der Waals surface area (Å²) in [5.41, 5.74) is -0.484. The summed E-state index contributed by atoms with van der Waals surface area (Å²) in [7, 11) is 7.22. The molecule has 190 valence electrons. The molecule has 0 bridgehead atoms. The molecule has 2 aromatic carbocycles. The summed E-state index contributed by atoms with van der Waals surface area (Å²) in [6, 6.07) is 6.38. The van der Waals surface area contributed by atoms with Crippen molar-refractivity contribution in [1.82, 2.24) is 0 Å². The van der Waals surface area contributed by atoms with Crippen LogP contribution >= 0.6 is 0 Å². The molecule has 0 unspecified atom stereocenters. The molecule has 1 saturated heterocycles. The maximum absolute atomic E-state index is 13.7. The third-order valence-electron chi connectivity index (χ3n) is 6.63. The highest BCUT2D eigenvalue weighted by molar-refractivity contribution is 7.92. The van der Waals surface area contributed by atoms with E-state index in [0.29, 0.717) is 32.7 Å². The SMILES string of the molecule is [B]C([B])(O)c1cc(S(=O)(=O)N2c3ccc(C(F)(F)F)cc3CC[C@@H]2C)ccc1OCC1CCOCC1. The van der Waals surface area contributed by atoms with Crippen molar-refractivity contribution in [2.24, 2.45) is 5.92 Å². The van der Waals surface area contributed by atoms with Crippen molar-refractivity contribution < 1.29 is 36.2 Å². The number of nitrogens with zero attached hydrogens (tertiary/aromatic N) is 1. The molecule has 6 nitrogen and oxygen atoms in total. The molecule has 2 aliphatic rings. The van der Waals surface area contributed by atoms with E-state index in [1.165, 1.54) is 18.2 Å². The standard InChI is InChI=1S/C24H26B2F3NO5S/c1-15-2-3-17-12-18(24(27,28)29)4-6-21(17)30(15)36(32,33)19-5-7-22(20(13-19)23(25,26)31)35-14-16-8-10-34-11-9-16/h4-7,12-13,15-16,31H,2-3,8-11,14H2,1H3/t15-/m0/s1. The van der Waals surface area contributed by atoms with E-state index in [1.807, 2.05) is 0 Å². The highest BCUT2D eigenvalue weighted by Gasteiger charge is 2.37. The van der Waals surface area contributed by atoms with Gasteiger partial charge in [0.15, 0.2) is 0 Å². The molecular formula is C24H26B2F3NO5S. The Morgan fingerprint density at radius 1 is 1.11 bits per heavy atom. The molecule has 12 heteroatoms. The van der Waals surface area contributed by atoms with E-state index in [4.69, 9.17) is 25.2 Å². The quantitative estimate of drug-likeness (QED) is 0.592. The molecule has 2 aromatic rings. The molecule has 0 aliphatic carbocycles. The van der Waals surface area contributed by atoms with Crippen molar-refractivity contribution in [2.75, 3.05) is 24.1 Å². The molecule has 4 rings (SSSR count). The first-order valence-electron chi connectivity index (χ1n) is 11.7. The van der Waals surface area contributed by atoms with Gasteiger partial charge in [0, 0.05) is 30.2 Å². The zero-order valence-electron chi connectivity index (χ0n) is 19.8. The highest BCUT2D eigenvalue weighted by Crippen LogP contribution is 2.40. The van der Waals surface area contributed by atoms with Gasteiger partial charge < -0.3 is 14.6 Å². The van der Waals surface area contributed by atoms with E-state index in [1.54, 1.807) is 6.92 Å². The molecule has 2 heterocycles. The van der Waals surface area contributed by atoms with Crippen molar-refractivity contribution in [3.05, 3.63) is 53.1 Å². The summed E-state index contributed by atoms with van der Waals surface area (Å²) in [6.45, 7) is 3.24. The molecule has 0 saturated carbocycles. The van der Waals surface area contributed by atoms with E-state index in [2.05, 4.69) is 0 Å². The summed E-state index contributed by atoms with van der Waals surface area (Å²) >= 11 is 0. The van der Waals surface area contributed by atoms with Crippen molar-refractivity contribution in [3.8, 4) is 5.75 Å². The van der Waals surface area contributed by atoms with Crippen LogP contribution in [0.3, 0.4) is 0 Å². The Morgan fingerprint density at radius 3 is 2.44 bits per heavy atom. The number of hydrogen-bond donors (Lipinski definition) is 1. The topological polar surface area (TPSA) is 76.1 Å². The normalized spacial score (nSPS) is 19.7. The number of alkyl halides is 3. The number of rotatable bonds is 6. The monoisotopic (exact) mass is 519 g/mol. The van der Waals surface area contributed by atoms with E-state index in [-0.39, 0.29) is 33.4 Å². The van der Waals surface area contributed by atoms with Gasteiger partial charge in [-0.3, -0.25) is 4.31 Å². The largest absolute Gasteiger partial charge is 0.493 e. The number of halogens is 3. The lowest BCUT2D eigenvalue weighted by Crippen LogP contribution is -2.42. The van der Waals surface area contributed by atoms with Gasteiger partial charge in [-0.1, -0.05) is 0 Å². The van der Waals surface area contributed by atoms with Gasteiger partial charge in [0.1, 0.15) is 21.4 Å². The minimum atomic E-state index is -4.54. The lowest BCUT2D eigenvalue weighted by molar-refractivity contribution is -0.137. The van der Waals surface area contributed by atoms with Crippen molar-refractivity contribution in [1.29, 1.82) is 0 Å². The van der Waals surface area contributed by atoms with Crippen LogP contribution in [0.2, 0.25) is 0 Å². The Bertz CT molecular complexity index is 1210. The number of fused-ring (bicyclic) bond motifs is 1. The Morgan fingerprint density at radius 2 is 1.81 bits per heavy atom. The summed E-state index contributed by atoms with van der Waals surface area (Å²) in [4.78, 5) is -0.218. The van der Waals surface area contributed by atoms with Gasteiger partial charge in [0.05, 0.1) is 22.8 Å². The maximum atomic E-state index is 13.7. The lowest BCUT2D eigenvalue weighted by Gasteiger charge is -2.36. The minimum Gasteiger partial charge on any atom is -0.493 e. The number of sulfonamides is 1. The first-order valence-corrected chi connectivity index (χ1v) is 13.1. The number of anilines is 1. The van der Waals surface area contributed by atoms with Crippen molar-refractivity contribution in [2.45, 2.75) is 55.1 Å². The van der Waals surface area contributed by atoms with Crippen LogP contribution in [0.5, 0.6) is 5.75 Å². The predicted octanol–water partition coefficient (Wildman–Crippen LogP) is 3.48. The van der Waals surface area contributed by atoms with Gasteiger partial charge in [-0.15, -0.1) is 0 Å². The minimum absolute atomic E-state index is 0.118. The number of aryl methyl sites for hydroxylation is 1. The zero-order valence-corrected chi connectivity index (χ0v) is 20.6. The molecule has 1 N–H and O–H groups in total. The summed E-state index contributed by atoms with van der Waals surface area (Å²) in [5, 5.41) is 7.98. The fourth-order valence-electron chi connectivity index (χ4n) is 4.61. The van der Waals surface area contributed by atoms with Gasteiger partial charge in [-0.05, 0) is 80.5 Å². The second-order valence-corrected chi connectivity index (χ2v) is 11.2. The molecular weight excluding hydrogens is 493 g/mol. The first-order chi connectivity index (χ1) is 16.8. The van der Waals surface area contributed by atoms with Gasteiger partial charge in [-0.2, -0.15) is 13.2 Å². The lowest BCUT2D eigenvalue weighted by atomic mass is 9.61. The Hall–Kier alpha value is -2.17. The van der Waals surface area contributed by atoms with Crippen molar-refractivity contribution in [3.63, 3.8) is 0 Å². The second-order valence-electron chi connectivity index (χ2n) is 9.38. The molecule has 2 aliphatic heterocycles. The number of hydrogen-bond acceptors (Lipinski definition) is 5. The van der Waals surface area contributed by atoms with Crippen LogP contribution in [0.4, 0.5) is 18.9 Å². The Kier molecular flexibility index (Phi) is 7.43. The summed E-state index contributed by atoms with van der Waals surface area (Å²) < 4.78 is 79.4. The van der Waals surface area contributed by atoms with E-state index < -0.39 is 33.2 Å². The highest BCUT2D eigenvalue weighted by atomic mass is 32.2.